The van der Waals surface area contributed by atoms with E-state index in [2.05, 4.69) is 33.9 Å². The lowest BCUT2D eigenvalue weighted by Gasteiger charge is -2.48. The van der Waals surface area contributed by atoms with Gasteiger partial charge < -0.3 is 34.4 Å². The van der Waals surface area contributed by atoms with Gasteiger partial charge in [-0.3, -0.25) is 19.4 Å². The normalized spacial score (nSPS) is 24.9. The molecule has 14 heteroatoms. The molecule has 5 rings (SSSR count). The van der Waals surface area contributed by atoms with Crippen molar-refractivity contribution in [1.29, 1.82) is 0 Å². The molecule has 3 aliphatic heterocycles. The van der Waals surface area contributed by atoms with Crippen LogP contribution in [0.15, 0.2) is 30.3 Å². The predicted molar refractivity (Wildman–Crippen MR) is 176 cm³/mol. The van der Waals surface area contributed by atoms with Gasteiger partial charge in [0.1, 0.15) is 23.8 Å². The average molecular weight is 671 g/mol. The third-order valence-electron chi connectivity index (χ3n) is 9.40. The van der Waals surface area contributed by atoms with E-state index in [1.54, 1.807) is 30.2 Å². The number of halogens is 1. The summed E-state index contributed by atoms with van der Waals surface area (Å²) in [4.78, 5) is 51.9. The Bertz CT molecular complexity index is 1450. The smallest absolute Gasteiger partial charge is 0.407 e. The highest BCUT2D eigenvalue weighted by molar-refractivity contribution is 5.99. The molecule has 0 saturated carbocycles. The first kappa shape index (κ1) is 35.5. The Kier molecular flexibility index (Phi) is 11.5. The molecule has 2 N–H and O–H groups in total. The SMILES string of the molecule is COCCNC(=O)c1nc2c(cc1Cc1ccc(F)cc1)N(C(=O)CN1C[C@@H](C)N(C(=O)O)C[C@@H]1CN1[C@H](C)COC[C@H]1C)[C@@H](C)CO2. The molecule has 0 bridgehead atoms. The zero-order chi connectivity index (χ0) is 34.5. The molecule has 4 heterocycles. The van der Waals surface area contributed by atoms with Crippen LogP contribution >= 0.6 is 0 Å². The second kappa shape index (κ2) is 15.6. The fourth-order valence-electron chi connectivity index (χ4n) is 6.83. The molecule has 1 aromatic heterocycles. The van der Waals surface area contributed by atoms with E-state index in [1.165, 1.54) is 17.0 Å². The molecule has 5 atom stereocenters. The van der Waals surface area contributed by atoms with Crippen LogP contribution in [0.25, 0.3) is 0 Å². The van der Waals surface area contributed by atoms with Crippen LogP contribution in [0.5, 0.6) is 5.88 Å². The van der Waals surface area contributed by atoms with Gasteiger partial charge >= 0.3 is 6.09 Å². The number of amides is 3. The van der Waals surface area contributed by atoms with Crippen molar-refractivity contribution >= 4 is 23.6 Å². The topological polar surface area (TPSA) is 137 Å². The van der Waals surface area contributed by atoms with E-state index < -0.39 is 12.0 Å². The lowest BCUT2D eigenvalue weighted by molar-refractivity contribution is -0.122. The van der Waals surface area contributed by atoms with Crippen molar-refractivity contribution in [2.24, 2.45) is 0 Å². The van der Waals surface area contributed by atoms with Crippen molar-refractivity contribution in [2.75, 3.05) is 71.2 Å². The number of piperazine rings is 1. The van der Waals surface area contributed by atoms with Crippen LogP contribution < -0.4 is 15.0 Å². The number of benzene rings is 1. The highest BCUT2D eigenvalue weighted by Gasteiger charge is 2.40. The Morgan fingerprint density at radius 3 is 2.40 bits per heavy atom. The van der Waals surface area contributed by atoms with Gasteiger partial charge in [-0.25, -0.2) is 14.2 Å². The number of fused-ring (bicyclic) bond motifs is 1. The highest BCUT2D eigenvalue weighted by Crippen LogP contribution is 2.35. The monoisotopic (exact) mass is 670 g/mol. The van der Waals surface area contributed by atoms with Crippen molar-refractivity contribution in [1.82, 2.24) is 25.0 Å². The molecule has 262 valence electrons. The molecule has 0 aliphatic carbocycles. The minimum Gasteiger partial charge on any atom is -0.474 e. The van der Waals surface area contributed by atoms with Crippen molar-refractivity contribution in [2.45, 2.75) is 64.3 Å². The van der Waals surface area contributed by atoms with Crippen LogP contribution in [0.3, 0.4) is 0 Å². The second-order valence-electron chi connectivity index (χ2n) is 13.1. The van der Waals surface area contributed by atoms with Gasteiger partial charge in [-0.2, -0.15) is 0 Å². The summed E-state index contributed by atoms with van der Waals surface area (Å²) in [5.74, 6) is -0.777. The van der Waals surface area contributed by atoms with Crippen LogP contribution in [0.1, 0.15) is 49.3 Å². The van der Waals surface area contributed by atoms with Crippen LogP contribution in [-0.2, 0) is 20.7 Å². The van der Waals surface area contributed by atoms with Crippen LogP contribution in [0.2, 0.25) is 0 Å². The molecule has 0 spiro atoms. The van der Waals surface area contributed by atoms with E-state index in [-0.39, 0.29) is 86.2 Å². The summed E-state index contributed by atoms with van der Waals surface area (Å²) in [6, 6.07) is 7.25. The summed E-state index contributed by atoms with van der Waals surface area (Å²) in [7, 11) is 1.54. The van der Waals surface area contributed by atoms with E-state index in [9.17, 15) is 23.9 Å². The van der Waals surface area contributed by atoms with Gasteiger partial charge in [0.05, 0.1) is 32.4 Å². The van der Waals surface area contributed by atoms with E-state index in [1.807, 2.05) is 13.8 Å². The van der Waals surface area contributed by atoms with Gasteiger partial charge in [-0.05, 0) is 63.4 Å². The Balaban J connectivity index is 1.44. The number of anilines is 1. The summed E-state index contributed by atoms with van der Waals surface area (Å²) in [6.07, 6.45) is -0.699. The summed E-state index contributed by atoms with van der Waals surface area (Å²) < 4.78 is 30.5. The first-order valence-electron chi connectivity index (χ1n) is 16.5. The van der Waals surface area contributed by atoms with Gasteiger partial charge in [0.15, 0.2) is 0 Å². The second-order valence-corrected chi connectivity index (χ2v) is 13.1. The highest BCUT2D eigenvalue weighted by atomic mass is 19.1. The number of aromatic nitrogens is 1. The lowest BCUT2D eigenvalue weighted by Crippen LogP contribution is -2.65. The van der Waals surface area contributed by atoms with E-state index in [0.717, 1.165) is 5.56 Å². The molecule has 0 unspecified atom stereocenters. The number of hydrogen-bond acceptors (Lipinski definition) is 9. The maximum absolute atomic E-state index is 14.3. The van der Waals surface area contributed by atoms with Gasteiger partial charge in [-0.1, -0.05) is 12.1 Å². The average Bonchev–Trinajstić information content (AvgIpc) is 3.04. The number of carboxylic acid groups (broad SMARTS) is 1. The van der Waals surface area contributed by atoms with Crippen LogP contribution in [0, 0.1) is 5.82 Å². The van der Waals surface area contributed by atoms with E-state index in [4.69, 9.17) is 14.2 Å². The Labute approximate surface area is 280 Å². The first-order valence-corrected chi connectivity index (χ1v) is 16.5. The molecule has 3 amide bonds. The molecule has 1 aromatic carbocycles. The quantitative estimate of drug-likeness (QED) is 0.363. The van der Waals surface area contributed by atoms with Crippen molar-refractivity contribution in [3.05, 3.63) is 53.0 Å². The third-order valence-corrected chi connectivity index (χ3v) is 9.40. The van der Waals surface area contributed by atoms with Gasteiger partial charge in [0, 0.05) is 57.5 Å². The maximum Gasteiger partial charge on any atom is 0.407 e. The Hall–Kier alpha value is -3.85. The number of methoxy groups -OCH3 is 1. The fraction of sp³-hybridized carbons (Fsp3) is 0.588. The molecule has 48 heavy (non-hydrogen) atoms. The summed E-state index contributed by atoms with van der Waals surface area (Å²) in [6.45, 7) is 11.3. The van der Waals surface area contributed by atoms with E-state index in [0.29, 0.717) is 44.2 Å². The summed E-state index contributed by atoms with van der Waals surface area (Å²) in [5.41, 5.74) is 1.94. The fourth-order valence-corrected chi connectivity index (χ4v) is 6.83. The molecule has 0 radical (unpaired) electrons. The Morgan fingerprint density at radius 2 is 1.73 bits per heavy atom. The number of carbonyl (C=O) groups is 3. The zero-order valence-corrected chi connectivity index (χ0v) is 28.4. The minimum atomic E-state index is -0.973. The number of rotatable bonds is 10. The van der Waals surface area contributed by atoms with E-state index >= 15 is 0 Å². The molecule has 2 saturated heterocycles. The number of ether oxygens (including phenoxy) is 3. The van der Waals surface area contributed by atoms with Gasteiger partial charge in [0.2, 0.25) is 11.8 Å². The number of carbonyl (C=O) groups excluding carboxylic acids is 2. The number of hydrogen-bond donors (Lipinski definition) is 2. The third kappa shape index (κ3) is 8.05. The molecule has 2 fully saturated rings. The molecule has 13 nitrogen and oxygen atoms in total. The van der Waals surface area contributed by atoms with Gasteiger partial charge in [0.25, 0.3) is 5.91 Å². The zero-order valence-electron chi connectivity index (χ0n) is 28.4. The van der Waals surface area contributed by atoms with Crippen LogP contribution in [-0.4, -0.2) is 139 Å². The summed E-state index contributed by atoms with van der Waals surface area (Å²) >= 11 is 0. The largest absolute Gasteiger partial charge is 0.474 e. The number of pyridine rings is 1. The number of nitrogens with one attached hydrogen (secondary N) is 1. The maximum atomic E-state index is 14.3. The van der Waals surface area contributed by atoms with Crippen molar-refractivity contribution < 1.29 is 38.1 Å². The van der Waals surface area contributed by atoms with Crippen molar-refractivity contribution in [3.63, 3.8) is 0 Å². The number of morpholine rings is 1. The standard InChI is InChI=1S/C34H47FN6O7/c1-21-14-38(28(16-40(21)34(44)45)15-39-22(2)18-47-19-23(39)3)17-30(42)41-24(4)20-48-33-29(41)13-26(12-25-6-8-27(35)9-7-25)31(37-33)32(43)36-10-11-46-5/h6-9,13,21-24,28H,10-12,14-20H2,1-5H3,(H,36,43)(H,44,45)/t21-,22-,23-,24+,28+/m1/s1. The lowest BCUT2D eigenvalue weighted by atomic mass is 10.0. The predicted octanol–water partition coefficient (Wildman–Crippen LogP) is 2.46. The summed E-state index contributed by atoms with van der Waals surface area (Å²) in [5, 5.41) is 12.8. The Morgan fingerprint density at radius 1 is 1.02 bits per heavy atom. The van der Waals surface area contributed by atoms with Crippen LogP contribution in [0.4, 0.5) is 14.9 Å². The molecule has 2 aromatic rings. The van der Waals surface area contributed by atoms with Gasteiger partial charge in [-0.15, -0.1) is 0 Å². The molecular formula is C34H47FN6O7. The van der Waals surface area contributed by atoms with Crippen molar-refractivity contribution in [3.8, 4) is 5.88 Å². The number of nitrogens with zero attached hydrogens (tertiary/aromatic N) is 5. The first-order chi connectivity index (χ1) is 23.0. The molecule has 3 aliphatic rings. The molecular weight excluding hydrogens is 623 g/mol. The minimum absolute atomic E-state index is 0.0614.